The Balaban J connectivity index is 2.86. The van der Waals surface area contributed by atoms with Gasteiger partial charge in [0.2, 0.25) is 0 Å². The Hall–Kier alpha value is -0.160. The van der Waals surface area contributed by atoms with Crippen molar-refractivity contribution in [3.63, 3.8) is 0 Å². The van der Waals surface area contributed by atoms with Crippen molar-refractivity contribution in [3.05, 3.63) is 0 Å². The van der Waals surface area contributed by atoms with Crippen LogP contribution in [0.2, 0.25) is 0 Å². The van der Waals surface area contributed by atoms with Crippen molar-refractivity contribution in [2.24, 2.45) is 11.6 Å². The van der Waals surface area contributed by atoms with E-state index in [0.29, 0.717) is 13.0 Å². The van der Waals surface area contributed by atoms with Gasteiger partial charge in [0.25, 0.3) is 0 Å². The molecule has 0 saturated carbocycles. The molecule has 0 heterocycles. The standard InChI is InChI=1S/C4H12N2O2/c5-3-4(7)1-2-8-6/h4,7H,1-3,5-6H2/t4-/m1/s1. The molecule has 0 aliphatic rings. The predicted octanol–water partition coefficient (Wildman–Crippen LogP) is -1.41. The van der Waals surface area contributed by atoms with Gasteiger partial charge in [-0.15, -0.1) is 0 Å². The minimum absolute atomic E-state index is 0.267. The summed E-state index contributed by atoms with van der Waals surface area (Å²) in [6, 6.07) is 0. The molecule has 0 rings (SSSR count). The SMILES string of the molecule is NC[C@H](O)CCON. The van der Waals surface area contributed by atoms with E-state index in [4.69, 9.17) is 10.8 Å². The lowest BCUT2D eigenvalue weighted by atomic mass is 10.3. The van der Waals surface area contributed by atoms with Gasteiger partial charge in [-0.05, 0) is 6.42 Å². The smallest absolute Gasteiger partial charge is 0.0704 e. The van der Waals surface area contributed by atoms with Crippen molar-refractivity contribution in [3.8, 4) is 0 Å². The number of hydrogen-bond donors (Lipinski definition) is 3. The Morgan fingerprint density at radius 2 is 2.25 bits per heavy atom. The highest BCUT2D eigenvalue weighted by Gasteiger charge is 1.97. The van der Waals surface area contributed by atoms with Crippen LogP contribution in [0.1, 0.15) is 6.42 Å². The summed E-state index contributed by atoms with van der Waals surface area (Å²) >= 11 is 0. The highest BCUT2D eigenvalue weighted by atomic mass is 16.6. The van der Waals surface area contributed by atoms with E-state index in [-0.39, 0.29) is 6.54 Å². The van der Waals surface area contributed by atoms with Crippen molar-refractivity contribution >= 4 is 0 Å². The van der Waals surface area contributed by atoms with Gasteiger partial charge in [0.1, 0.15) is 0 Å². The van der Waals surface area contributed by atoms with Gasteiger partial charge in [0.05, 0.1) is 12.7 Å². The van der Waals surface area contributed by atoms with E-state index >= 15 is 0 Å². The molecule has 0 bridgehead atoms. The minimum atomic E-state index is -0.474. The van der Waals surface area contributed by atoms with Gasteiger partial charge >= 0.3 is 0 Å². The molecule has 0 unspecified atom stereocenters. The van der Waals surface area contributed by atoms with Crippen molar-refractivity contribution < 1.29 is 9.94 Å². The average Bonchev–Trinajstić information content (AvgIpc) is 1.83. The molecule has 0 aliphatic heterocycles. The van der Waals surface area contributed by atoms with Crippen LogP contribution in [0.5, 0.6) is 0 Å². The highest BCUT2D eigenvalue weighted by molar-refractivity contribution is 4.52. The third kappa shape index (κ3) is 4.01. The number of aliphatic hydroxyl groups is 1. The van der Waals surface area contributed by atoms with Gasteiger partial charge in [-0.1, -0.05) is 0 Å². The van der Waals surface area contributed by atoms with Crippen LogP contribution < -0.4 is 11.6 Å². The molecule has 50 valence electrons. The molecular weight excluding hydrogens is 108 g/mol. The van der Waals surface area contributed by atoms with Crippen LogP contribution in [0.15, 0.2) is 0 Å². The Labute approximate surface area is 48.4 Å². The largest absolute Gasteiger partial charge is 0.392 e. The fourth-order valence-corrected chi connectivity index (χ4v) is 0.322. The lowest BCUT2D eigenvalue weighted by molar-refractivity contribution is 0.0862. The molecule has 8 heavy (non-hydrogen) atoms. The highest BCUT2D eigenvalue weighted by Crippen LogP contribution is 1.85. The summed E-state index contributed by atoms with van der Waals surface area (Å²) in [5.41, 5.74) is 5.07. The van der Waals surface area contributed by atoms with Crippen molar-refractivity contribution in [2.45, 2.75) is 12.5 Å². The normalized spacial score (nSPS) is 13.9. The fourth-order valence-electron chi connectivity index (χ4n) is 0.322. The quantitative estimate of drug-likeness (QED) is 0.398. The fraction of sp³-hybridized carbons (Fsp3) is 1.00. The summed E-state index contributed by atoms with van der Waals surface area (Å²) in [5.74, 6) is 4.68. The number of nitrogens with two attached hydrogens (primary N) is 2. The minimum Gasteiger partial charge on any atom is -0.392 e. The Bertz CT molecular complexity index is 51.3. The second kappa shape index (κ2) is 4.99. The van der Waals surface area contributed by atoms with E-state index in [0.717, 1.165) is 0 Å². The van der Waals surface area contributed by atoms with E-state index in [1.807, 2.05) is 0 Å². The molecule has 0 aliphatic carbocycles. The summed E-state index contributed by atoms with van der Waals surface area (Å²) in [5, 5.41) is 8.73. The predicted molar refractivity (Wildman–Crippen MR) is 29.8 cm³/mol. The molecule has 0 aromatic rings. The first-order chi connectivity index (χ1) is 3.81. The first kappa shape index (κ1) is 7.84. The maximum absolute atomic E-state index is 8.73. The van der Waals surface area contributed by atoms with Gasteiger partial charge < -0.3 is 15.7 Å². The van der Waals surface area contributed by atoms with E-state index < -0.39 is 6.10 Å². The Morgan fingerprint density at radius 1 is 1.62 bits per heavy atom. The summed E-state index contributed by atoms with van der Waals surface area (Å²) in [6.45, 7) is 0.627. The summed E-state index contributed by atoms with van der Waals surface area (Å²) < 4.78 is 0. The summed E-state index contributed by atoms with van der Waals surface area (Å²) in [7, 11) is 0. The van der Waals surface area contributed by atoms with E-state index in [1.54, 1.807) is 0 Å². The van der Waals surface area contributed by atoms with Crippen molar-refractivity contribution in [2.75, 3.05) is 13.2 Å². The topological polar surface area (TPSA) is 81.5 Å². The molecule has 0 amide bonds. The molecular formula is C4H12N2O2. The molecule has 5 N–H and O–H groups in total. The van der Waals surface area contributed by atoms with Gasteiger partial charge in [-0.3, -0.25) is 0 Å². The van der Waals surface area contributed by atoms with Gasteiger partial charge in [0.15, 0.2) is 0 Å². The molecule has 0 aromatic carbocycles. The lowest BCUT2D eigenvalue weighted by Crippen LogP contribution is -2.21. The number of hydrogen-bond acceptors (Lipinski definition) is 4. The van der Waals surface area contributed by atoms with Crippen LogP contribution >= 0.6 is 0 Å². The van der Waals surface area contributed by atoms with Gasteiger partial charge in [-0.2, -0.15) is 0 Å². The van der Waals surface area contributed by atoms with Gasteiger partial charge in [-0.25, -0.2) is 5.90 Å². The van der Waals surface area contributed by atoms with E-state index in [1.165, 1.54) is 0 Å². The number of aliphatic hydroxyl groups excluding tert-OH is 1. The summed E-state index contributed by atoms with van der Waals surface area (Å²) in [6.07, 6.45) is 0.0334. The molecule has 0 fully saturated rings. The average molecular weight is 120 g/mol. The lowest BCUT2D eigenvalue weighted by Gasteiger charge is -2.03. The Morgan fingerprint density at radius 3 is 2.62 bits per heavy atom. The maximum atomic E-state index is 8.73. The zero-order chi connectivity index (χ0) is 6.41. The van der Waals surface area contributed by atoms with Crippen LogP contribution in [0.4, 0.5) is 0 Å². The maximum Gasteiger partial charge on any atom is 0.0704 e. The van der Waals surface area contributed by atoms with Crippen LogP contribution in [0.25, 0.3) is 0 Å². The number of rotatable bonds is 4. The molecule has 4 nitrogen and oxygen atoms in total. The zero-order valence-corrected chi connectivity index (χ0v) is 4.71. The molecule has 1 atom stereocenters. The first-order valence-corrected chi connectivity index (χ1v) is 2.51. The van der Waals surface area contributed by atoms with E-state index in [9.17, 15) is 0 Å². The van der Waals surface area contributed by atoms with Crippen LogP contribution in [-0.2, 0) is 4.84 Å². The van der Waals surface area contributed by atoms with Crippen LogP contribution in [-0.4, -0.2) is 24.4 Å². The van der Waals surface area contributed by atoms with Crippen molar-refractivity contribution in [1.29, 1.82) is 0 Å². The molecule has 0 spiro atoms. The molecule has 4 heteroatoms. The van der Waals surface area contributed by atoms with Crippen molar-refractivity contribution in [1.82, 2.24) is 0 Å². The molecule has 0 aromatic heterocycles. The van der Waals surface area contributed by atoms with Gasteiger partial charge in [0, 0.05) is 6.54 Å². The zero-order valence-electron chi connectivity index (χ0n) is 4.71. The monoisotopic (exact) mass is 120 g/mol. The summed E-state index contributed by atoms with van der Waals surface area (Å²) in [4.78, 5) is 4.20. The third-order valence-corrected chi connectivity index (χ3v) is 0.841. The molecule has 0 radical (unpaired) electrons. The first-order valence-electron chi connectivity index (χ1n) is 2.51. The van der Waals surface area contributed by atoms with Crippen LogP contribution in [0, 0.1) is 0 Å². The Kier molecular flexibility index (Phi) is 4.89. The third-order valence-electron chi connectivity index (χ3n) is 0.841. The second-order valence-electron chi connectivity index (χ2n) is 1.55. The second-order valence-corrected chi connectivity index (χ2v) is 1.55. The van der Waals surface area contributed by atoms with E-state index in [2.05, 4.69) is 10.7 Å². The van der Waals surface area contributed by atoms with Crippen LogP contribution in [0.3, 0.4) is 0 Å². The molecule has 0 saturated heterocycles.